The number of benzene rings is 2. The third kappa shape index (κ3) is 7.71. The van der Waals surface area contributed by atoms with Crippen LogP contribution in [0.25, 0.3) is 0 Å². The molecule has 2 aromatic carbocycles. The van der Waals surface area contributed by atoms with E-state index in [-0.39, 0.29) is 56.5 Å². The van der Waals surface area contributed by atoms with Crippen molar-refractivity contribution >= 4 is 23.3 Å². The number of halogens is 6. The van der Waals surface area contributed by atoms with Crippen LogP contribution in [0.4, 0.5) is 27.8 Å². The van der Waals surface area contributed by atoms with Crippen LogP contribution in [0.1, 0.15) is 27.2 Å². The van der Waals surface area contributed by atoms with Crippen LogP contribution in [-0.4, -0.2) is 54.0 Å². The summed E-state index contributed by atoms with van der Waals surface area (Å²) in [6.45, 7) is 3.00. The van der Waals surface area contributed by atoms with Gasteiger partial charge in [-0.3, -0.25) is 9.36 Å². The van der Waals surface area contributed by atoms with Crippen molar-refractivity contribution < 1.29 is 41.3 Å². The lowest BCUT2D eigenvalue weighted by atomic mass is 10.0. The van der Waals surface area contributed by atoms with Crippen molar-refractivity contribution in [2.24, 2.45) is 0 Å². The van der Waals surface area contributed by atoms with Crippen molar-refractivity contribution in [3.05, 3.63) is 82.5 Å². The Morgan fingerprint density at radius 1 is 1.12 bits per heavy atom. The van der Waals surface area contributed by atoms with Gasteiger partial charge in [0, 0.05) is 24.2 Å². The summed E-state index contributed by atoms with van der Waals surface area (Å²) in [6, 6.07) is 7.78. The summed E-state index contributed by atoms with van der Waals surface area (Å²) in [7, 11) is 1.47. The second-order valence-electron chi connectivity index (χ2n) is 8.32. The highest BCUT2D eigenvalue weighted by molar-refractivity contribution is 6.30. The molecule has 0 radical (unpaired) electrons. The number of ether oxygens (including phenoxy) is 2. The van der Waals surface area contributed by atoms with E-state index in [0.29, 0.717) is 22.7 Å². The van der Waals surface area contributed by atoms with Gasteiger partial charge >= 0.3 is 12.2 Å². The number of aliphatic hydroxyl groups is 1. The van der Waals surface area contributed by atoms with E-state index in [9.17, 15) is 26.7 Å². The van der Waals surface area contributed by atoms with E-state index in [1.54, 1.807) is 24.3 Å². The van der Waals surface area contributed by atoms with E-state index >= 15 is 0 Å². The zero-order valence-corrected chi connectivity index (χ0v) is 22.0. The minimum Gasteiger partial charge on any atom is -0.425 e. The van der Waals surface area contributed by atoms with Crippen LogP contribution < -0.4 is 15.4 Å². The van der Waals surface area contributed by atoms with Crippen molar-refractivity contribution in [1.82, 2.24) is 14.9 Å². The van der Waals surface area contributed by atoms with Crippen LogP contribution in [0, 0.1) is 0 Å². The molecule has 3 aromatic rings. The highest BCUT2D eigenvalue weighted by Gasteiger charge is 2.36. The molecule has 0 aliphatic heterocycles. The number of rotatable bonds is 13. The van der Waals surface area contributed by atoms with Gasteiger partial charge in [0.05, 0.1) is 31.9 Å². The van der Waals surface area contributed by atoms with Crippen LogP contribution in [-0.2, 0) is 23.4 Å². The number of aliphatic hydroxyl groups excluding tert-OH is 1. The molecular weight excluding hydrogens is 563 g/mol. The molecule has 0 aliphatic rings. The molecule has 0 unspecified atom stereocenters. The summed E-state index contributed by atoms with van der Waals surface area (Å²) in [5.74, 6) is -4.98. The maximum absolute atomic E-state index is 14.3. The number of aromatic nitrogens is 2. The molecule has 0 saturated heterocycles. The first-order chi connectivity index (χ1) is 18.9. The molecule has 3 rings (SSSR count). The van der Waals surface area contributed by atoms with E-state index in [1.807, 2.05) is 0 Å². The Morgan fingerprint density at radius 3 is 2.40 bits per heavy atom. The number of imidazole rings is 1. The fraction of sp³-hybridized carbons (Fsp3) is 0.308. The van der Waals surface area contributed by atoms with Crippen molar-refractivity contribution in [3.8, 4) is 11.8 Å². The molecule has 0 saturated carbocycles. The molecule has 0 aliphatic carbocycles. The molecular formula is C26H26ClF5N4O4. The van der Waals surface area contributed by atoms with Crippen LogP contribution in [0.2, 0.25) is 5.02 Å². The largest absolute Gasteiger partial charge is 0.425 e. The molecule has 0 fully saturated rings. The second kappa shape index (κ2) is 13.1. The van der Waals surface area contributed by atoms with E-state index < -0.39 is 34.9 Å². The summed E-state index contributed by atoms with van der Waals surface area (Å²) in [6.07, 6.45) is -4.73. The van der Waals surface area contributed by atoms with E-state index in [2.05, 4.69) is 22.2 Å². The number of nitrogens with one attached hydrogen (secondary N) is 2. The predicted molar refractivity (Wildman–Crippen MR) is 138 cm³/mol. The molecule has 1 aromatic heterocycles. The van der Waals surface area contributed by atoms with Crippen LogP contribution >= 0.6 is 11.6 Å². The monoisotopic (exact) mass is 588 g/mol. The summed E-state index contributed by atoms with van der Waals surface area (Å²) >= 11 is 5.96. The van der Waals surface area contributed by atoms with Gasteiger partial charge in [-0.05, 0) is 42.0 Å². The molecule has 14 heteroatoms. The van der Waals surface area contributed by atoms with E-state index in [1.165, 1.54) is 11.6 Å². The van der Waals surface area contributed by atoms with Crippen molar-refractivity contribution in [3.63, 3.8) is 0 Å². The number of hydrogen-bond acceptors (Lipinski definition) is 6. The van der Waals surface area contributed by atoms with Gasteiger partial charge in [0.1, 0.15) is 5.75 Å². The lowest BCUT2D eigenvalue weighted by Crippen LogP contribution is -2.30. The predicted octanol–water partition coefficient (Wildman–Crippen LogP) is 5.45. The minimum absolute atomic E-state index is 0.0151. The Labute approximate surface area is 231 Å². The number of carbonyl (C=O) groups is 1. The summed E-state index contributed by atoms with van der Waals surface area (Å²) in [5, 5.41) is 14.6. The lowest BCUT2D eigenvalue weighted by Gasteiger charge is -2.17. The van der Waals surface area contributed by atoms with Crippen molar-refractivity contribution in [2.75, 3.05) is 38.7 Å². The smallest absolute Gasteiger partial charge is 0.416 e. The van der Waals surface area contributed by atoms with Crippen LogP contribution in [0.5, 0.6) is 11.8 Å². The molecule has 0 atom stereocenters. The Balaban J connectivity index is 2.08. The molecule has 0 spiro atoms. The van der Waals surface area contributed by atoms with E-state index in [0.717, 1.165) is 6.07 Å². The number of carbonyl (C=O) groups excluding carboxylic acids is 1. The van der Waals surface area contributed by atoms with Crippen molar-refractivity contribution in [2.45, 2.75) is 18.6 Å². The maximum Gasteiger partial charge on any atom is 0.416 e. The van der Waals surface area contributed by atoms with Gasteiger partial charge in [0.2, 0.25) is 0 Å². The molecule has 0 bridgehead atoms. The average Bonchev–Trinajstić information content (AvgIpc) is 3.25. The topological polar surface area (TPSA) is 97.6 Å². The fourth-order valence-corrected chi connectivity index (χ4v) is 3.68. The Bertz CT molecular complexity index is 1330. The zero-order valence-electron chi connectivity index (χ0n) is 21.2. The number of anilines is 1. The maximum atomic E-state index is 14.3. The molecule has 1 heterocycles. The SMILES string of the molecule is C=CC(F)(F)c1cc(Oc2nc(NC)c(C(=O)NCCOCCO)n2Cc2ccc(Cl)cc2)cc(C(F)(F)F)c1. The quantitative estimate of drug-likeness (QED) is 0.140. The Kier molecular flexibility index (Phi) is 10.1. The molecule has 3 N–H and O–H groups in total. The second-order valence-corrected chi connectivity index (χ2v) is 8.76. The molecule has 40 heavy (non-hydrogen) atoms. The lowest BCUT2D eigenvalue weighted by molar-refractivity contribution is -0.137. The number of alkyl halides is 5. The summed E-state index contributed by atoms with van der Waals surface area (Å²) < 4.78 is 81.4. The Hall–Kier alpha value is -3.68. The van der Waals surface area contributed by atoms with Gasteiger partial charge in [-0.2, -0.15) is 26.9 Å². The summed E-state index contributed by atoms with van der Waals surface area (Å²) in [4.78, 5) is 17.4. The molecule has 216 valence electrons. The highest BCUT2D eigenvalue weighted by Crippen LogP contribution is 2.39. The van der Waals surface area contributed by atoms with Gasteiger partial charge in [-0.15, -0.1) is 0 Å². The Morgan fingerprint density at radius 2 is 1.80 bits per heavy atom. The van der Waals surface area contributed by atoms with Gasteiger partial charge in [-0.25, -0.2) is 0 Å². The van der Waals surface area contributed by atoms with Crippen LogP contribution in [0.15, 0.2) is 55.1 Å². The van der Waals surface area contributed by atoms with Crippen LogP contribution in [0.3, 0.4) is 0 Å². The van der Waals surface area contributed by atoms with Gasteiger partial charge in [0.15, 0.2) is 11.5 Å². The third-order valence-corrected chi connectivity index (χ3v) is 5.74. The van der Waals surface area contributed by atoms with Gasteiger partial charge < -0.3 is 25.2 Å². The summed E-state index contributed by atoms with van der Waals surface area (Å²) in [5.41, 5.74) is -1.78. The highest BCUT2D eigenvalue weighted by atomic mass is 35.5. The third-order valence-electron chi connectivity index (χ3n) is 5.49. The first-order valence-electron chi connectivity index (χ1n) is 11.8. The van der Waals surface area contributed by atoms with Crippen molar-refractivity contribution in [1.29, 1.82) is 0 Å². The van der Waals surface area contributed by atoms with Gasteiger partial charge in [0.25, 0.3) is 11.8 Å². The van der Waals surface area contributed by atoms with E-state index in [4.69, 9.17) is 26.2 Å². The zero-order chi connectivity index (χ0) is 29.5. The fourth-order valence-electron chi connectivity index (χ4n) is 3.56. The molecule has 1 amide bonds. The normalized spacial score (nSPS) is 11.8. The number of amides is 1. The molecule has 8 nitrogen and oxygen atoms in total. The standard InChI is InChI=1S/C26H26ClF5N4O4/c1-3-25(28,29)17-12-18(26(30,31)32)14-20(13-17)40-24-35-22(33-2)21(23(38)34-8-10-39-11-9-37)36(24)15-16-4-6-19(27)7-5-16/h3-7,12-14,33,37H,1,8-11,15H2,2H3,(H,34,38). The number of hydrogen-bond donors (Lipinski definition) is 3. The van der Waals surface area contributed by atoms with Gasteiger partial charge in [-0.1, -0.05) is 30.3 Å². The number of nitrogens with zero attached hydrogens (tertiary/aromatic N) is 2. The first kappa shape index (κ1) is 30.9. The minimum atomic E-state index is -4.95. The first-order valence-corrected chi connectivity index (χ1v) is 12.2. The number of allylic oxidation sites excluding steroid dienone is 1. The average molecular weight is 589 g/mol.